The van der Waals surface area contributed by atoms with Crippen LogP contribution >= 0.6 is 11.3 Å². The molecule has 0 spiro atoms. The Labute approximate surface area is 170 Å². The zero-order chi connectivity index (χ0) is 20.6. The van der Waals surface area contributed by atoms with Crippen molar-refractivity contribution in [3.63, 3.8) is 0 Å². The smallest absolute Gasteiger partial charge is 0.264 e. The number of carbonyl (C=O) groups excluding carboxylic acids is 1. The third-order valence-electron chi connectivity index (χ3n) is 4.38. The van der Waals surface area contributed by atoms with Crippen LogP contribution < -0.4 is 14.8 Å². The average Bonchev–Trinajstić information content (AvgIpc) is 3.25. The molecule has 0 radical (unpaired) electrons. The Morgan fingerprint density at radius 2 is 2.10 bits per heavy atom. The first-order chi connectivity index (χ1) is 13.8. The van der Waals surface area contributed by atoms with Crippen LogP contribution in [-0.4, -0.2) is 23.1 Å². The van der Waals surface area contributed by atoms with Gasteiger partial charge in [0.2, 0.25) is 0 Å². The van der Waals surface area contributed by atoms with E-state index in [1.807, 2.05) is 26.0 Å². The second-order valence-electron chi connectivity index (χ2n) is 7.29. The fourth-order valence-electron chi connectivity index (χ4n) is 3.12. The Balaban J connectivity index is 1.39. The number of amides is 1. The molecular formula is C21H18F2N2O3S. The number of nitrogens with zero attached hydrogens (tertiary/aromatic N) is 1. The molecule has 0 unspecified atom stereocenters. The van der Waals surface area contributed by atoms with E-state index in [1.165, 1.54) is 17.4 Å². The van der Waals surface area contributed by atoms with E-state index in [0.29, 0.717) is 27.9 Å². The number of anilines is 1. The van der Waals surface area contributed by atoms with Gasteiger partial charge in [0.1, 0.15) is 5.60 Å². The highest BCUT2D eigenvalue weighted by atomic mass is 32.1. The van der Waals surface area contributed by atoms with Gasteiger partial charge < -0.3 is 9.47 Å². The number of carbonyl (C=O) groups is 1. The zero-order valence-corrected chi connectivity index (χ0v) is 16.6. The lowest BCUT2D eigenvalue weighted by Gasteiger charge is -2.18. The predicted octanol–water partition coefficient (Wildman–Crippen LogP) is 4.82. The third-order valence-corrected chi connectivity index (χ3v) is 5.14. The van der Waals surface area contributed by atoms with Crippen LogP contribution in [0.2, 0.25) is 0 Å². The van der Waals surface area contributed by atoms with E-state index in [1.54, 1.807) is 11.4 Å². The molecule has 29 heavy (non-hydrogen) atoms. The molecule has 1 aromatic heterocycles. The Morgan fingerprint density at radius 3 is 2.90 bits per heavy atom. The minimum absolute atomic E-state index is 0.208. The summed E-state index contributed by atoms with van der Waals surface area (Å²) in [7, 11) is 0. The normalized spacial score (nSPS) is 14.2. The summed E-state index contributed by atoms with van der Waals surface area (Å²) in [5.74, 6) is -1.07. The Morgan fingerprint density at radius 1 is 1.28 bits per heavy atom. The van der Waals surface area contributed by atoms with Gasteiger partial charge in [-0.25, -0.2) is 13.8 Å². The molecule has 0 fully saturated rings. The zero-order valence-electron chi connectivity index (χ0n) is 15.8. The number of hydrogen-bond acceptors (Lipinski definition) is 5. The highest BCUT2D eigenvalue weighted by Crippen LogP contribution is 2.41. The van der Waals surface area contributed by atoms with Gasteiger partial charge in [-0.15, -0.1) is 11.3 Å². The average molecular weight is 416 g/mol. The van der Waals surface area contributed by atoms with E-state index >= 15 is 0 Å². The molecule has 2 heterocycles. The van der Waals surface area contributed by atoms with Crippen LogP contribution in [0, 0.1) is 11.6 Å². The molecule has 150 valence electrons. The molecule has 1 amide bonds. The summed E-state index contributed by atoms with van der Waals surface area (Å²) >= 11 is 1.18. The predicted molar refractivity (Wildman–Crippen MR) is 106 cm³/mol. The minimum atomic E-state index is -0.949. The number of fused-ring (bicyclic) bond motifs is 1. The van der Waals surface area contributed by atoms with Gasteiger partial charge in [-0.2, -0.15) is 0 Å². The molecule has 0 atom stereocenters. The van der Waals surface area contributed by atoms with E-state index in [0.717, 1.165) is 24.1 Å². The fourth-order valence-corrected chi connectivity index (χ4v) is 3.85. The lowest BCUT2D eigenvalue weighted by Crippen LogP contribution is -2.25. The number of ether oxygens (including phenoxy) is 2. The minimum Gasteiger partial charge on any atom is -0.483 e. The van der Waals surface area contributed by atoms with Crippen LogP contribution in [0.1, 0.15) is 19.4 Å². The number of benzene rings is 2. The van der Waals surface area contributed by atoms with E-state index in [4.69, 9.17) is 9.47 Å². The van der Waals surface area contributed by atoms with Crippen LogP contribution in [0.25, 0.3) is 11.3 Å². The SMILES string of the molecule is CC1(C)Cc2cccc(OCC(=O)Nc3nc(-c4ccc(F)c(F)c4)cs3)c2O1. The summed E-state index contributed by atoms with van der Waals surface area (Å²) < 4.78 is 38.0. The first-order valence-corrected chi connectivity index (χ1v) is 9.83. The quantitative estimate of drug-likeness (QED) is 0.648. The van der Waals surface area contributed by atoms with Crippen LogP contribution in [0.3, 0.4) is 0 Å². The number of para-hydroxylation sites is 1. The summed E-state index contributed by atoms with van der Waals surface area (Å²) in [4.78, 5) is 16.5. The second-order valence-corrected chi connectivity index (χ2v) is 8.14. The van der Waals surface area contributed by atoms with E-state index in [9.17, 15) is 13.6 Å². The third kappa shape index (κ3) is 4.22. The van der Waals surface area contributed by atoms with E-state index in [2.05, 4.69) is 10.3 Å². The Kier molecular flexibility index (Phi) is 4.96. The molecule has 8 heteroatoms. The van der Waals surface area contributed by atoms with Crippen LogP contribution in [0.15, 0.2) is 41.8 Å². The van der Waals surface area contributed by atoms with Crippen LogP contribution in [0.4, 0.5) is 13.9 Å². The van der Waals surface area contributed by atoms with Crippen molar-refractivity contribution >= 4 is 22.4 Å². The monoisotopic (exact) mass is 416 g/mol. The van der Waals surface area contributed by atoms with Crippen molar-refractivity contribution in [3.8, 4) is 22.8 Å². The highest BCUT2D eigenvalue weighted by molar-refractivity contribution is 7.14. The van der Waals surface area contributed by atoms with Crippen molar-refractivity contribution in [1.82, 2.24) is 4.98 Å². The lowest BCUT2D eigenvalue weighted by molar-refractivity contribution is -0.118. The van der Waals surface area contributed by atoms with Crippen molar-refractivity contribution in [1.29, 1.82) is 0 Å². The van der Waals surface area contributed by atoms with Gasteiger partial charge >= 0.3 is 0 Å². The first kappa shape index (κ1) is 19.3. The molecule has 0 bridgehead atoms. The molecule has 4 rings (SSSR count). The lowest BCUT2D eigenvalue weighted by atomic mass is 10.0. The Hall–Kier alpha value is -3.00. The molecule has 1 aliphatic heterocycles. The standard InChI is InChI=1S/C21H18F2N2O3S/c1-21(2)9-13-4-3-5-17(19(13)28-21)27-10-18(26)25-20-24-16(11-29-20)12-6-7-14(22)15(23)8-12/h3-8,11H,9-10H2,1-2H3,(H,24,25,26). The largest absolute Gasteiger partial charge is 0.483 e. The number of halogens is 2. The Bertz CT molecular complexity index is 1080. The summed E-state index contributed by atoms with van der Waals surface area (Å²) in [6, 6.07) is 9.14. The molecule has 0 saturated carbocycles. The summed E-state index contributed by atoms with van der Waals surface area (Å²) in [5, 5.41) is 4.64. The molecule has 0 saturated heterocycles. The van der Waals surface area contributed by atoms with Gasteiger partial charge in [0.05, 0.1) is 5.69 Å². The molecule has 1 aliphatic rings. The topological polar surface area (TPSA) is 60.5 Å². The van der Waals surface area contributed by atoms with Crippen LogP contribution in [-0.2, 0) is 11.2 Å². The molecule has 2 aromatic carbocycles. The number of aromatic nitrogens is 1. The molecule has 0 aliphatic carbocycles. The van der Waals surface area contributed by atoms with Gasteiger partial charge in [0, 0.05) is 22.9 Å². The van der Waals surface area contributed by atoms with E-state index in [-0.39, 0.29) is 18.1 Å². The summed E-state index contributed by atoms with van der Waals surface area (Å²) in [6.07, 6.45) is 0.775. The maximum Gasteiger partial charge on any atom is 0.264 e. The maximum absolute atomic E-state index is 13.4. The van der Waals surface area contributed by atoms with Crippen molar-refractivity contribution in [3.05, 3.63) is 59.0 Å². The molecular weight excluding hydrogens is 398 g/mol. The van der Waals surface area contributed by atoms with Gasteiger partial charge in [0.15, 0.2) is 34.9 Å². The highest BCUT2D eigenvalue weighted by Gasteiger charge is 2.32. The fraction of sp³-hybridized carbons (Fsp3) is 0.238. The molecule has 1 N–H and O–H groups in total. The second kappa shape index (κ2) is 7.44. The van der Waals surface area contributed by atoms with E-state index < -0.39 is 11.6 Å². The van der Waals surface area contributed by atoms with Crippen molar-refractivity contribution in [2.75, 3.05) is 11.9 Å². The number of rotatable bonds is 5. The number of hydrogen-bond donors (Lipinski definition) is 1. The summed E-state index contributed by atoms with van der Waals surface area (Å²) in [5.41, 5.74) is 1.61. The van der Waals surface area contributed by atoms with Crippen molar-refractivity contribution < 1.29 is 23.0 Å². The summed E-state index contributed by atoms with van der Waals surface area (Å²) in [6.45, 7) is 3.79. The van der Waals surface area contributed by atoms with Crippen molar-refractivity contribution in [2.24, 2.45) is 0 Å². The first-order valence-electron chi connectivity index (χ1n) is 8.95. The van der Waals surface area contributed by atoms with Gasteiger partial charge in [0.25, 0.3) is 5.91 Å². The van der Waals surface area contributed by atoms with Crippen LogP contribution in [0.5, 0.6) is 11.5 Å². The van der Waals surface area contributed by atoms with Gasteiger partial charge in [-0.3, -0.25) is 10.1 Å². The molecule has 3 aromatic rings. The number of nitrogens with one attached hydrogen (secondary N) is 1. The van der Waals surface area contributed by atoms with Gasteiger partial charge in [-0.1, -0.05) is 12.1 Å². The van der Waals surface area contributed by atoms with Crippen molar-refractivity contribution in [2.45, 2.75) is 25.9 Å². The molecule has 5 nitrogen and oxygen atoms in total. The number of thiazole rings is 1. The maximum atomic E-state index is 13.4. The van der Waals surface area contributed by atoms with Gasteiger partial charge in [-0.05, 0) is 38.1 Å².